The van der Waals surface area contributed by atoms with Crippen molar-refractivity contribution in [1.82, 2.24) is 20.1 Å². The third-order valence-electron chi connectivity index (χ3n) is 5.28. The number of rotatable bonds is 9. The molecule has 0 bridgehead atoms. The maximum Gasteiger partial charge on any atom is 0.230 e. The molecule has 2 saturated carbocycles. The van der Waals surface area contributed by atoms with Gasteiger partial charge in [-0.3, -0.25) is 4.79 Å². The van der Waals surface area contributed by atoms with Crippen LogP contribution in [-0.4, -0.2) is 47.1 Å². The Morgan fingerprint density at radius 1 is 1.22 bits per heavy atom. The Kier molecular flexibility index (Phi) is 5.50. The summed E-state index contributed by atoms with van der Waals surface area (Å²) in [7, 11) is 4.24. The zero-order chi connectivity index (χ0) is 18.8. The minimum absolute atomic E-state index is 0.0560. The molecule has 1 heterocycles. The molecule has 0 unspecified atom stereocenters. The van der Waals surface area contributed by atoms with Gasteiger partial charge in [0.2, 0.25) is 5.91 Å². The number of hydrogen-bond donors (Lipinski definition) is 2. The highest BCUT2D eigenvalue weighted by molar-refractivity contribution is 7.99. The molecule has 1 amide bonds. The van der Waals surface area contributed by atoms with Crippen LogP contribution in [0.25, 0.3) is 0 Å². The van der Waals surface area contributed by atoms with E-state index in [1.807, 2.05) is 18.2 Å². The van der Waals surface area contributed by atoms with Gasteiger partial charge < -0.3 is 14.8 Å². The number of amides is 1. The second-order valence-corrected chi connectivity index (χ2v) is 8.79. The SMILES string of the molecule is C[NH+](C)[C@@H](CNC(=O)CSc1nnc(C2CC2)n1C1CC1)c1ccccc1. The van der Waals surface area contributed by atoms with Crippen LogP contribution in [0.2, 0.25) is 0 Å². The highest BCUT2D eigenvalue weighted by Gasteiger charge is 2.36. The smallest absolute Gasteiger partial charge is 0.230 e. The van der Waals surface area contributed by atoms with Crippen molar-refractivity contribution < 1.29 is 9.69 Å². The van der Waals surface area contributed by atoms with Gasteiger partial charge in [0.25, 0.3) is 0 Å². The first kappa shape index (κ1) is 18.5. The van der Waals surface area contributed by atoms with Gasteiger partial charge in [0.05, 0.1) is 26.4 Å². The minimum Gasteiger partial charge on any atom is -0.349 e. The normalized spacial score (nSPS) is 17.9. The molecule has 6 nitrogen and oxygen atoms in total. The van der Waals surface area contributed by atoms with Crippen LogP contribution in [0.4, 0.5) is 0 Å². The number of carbonyl (C=O) groups excluding carboxylic acids is 1. The van der Waals surface area contributed by atoms with Crippen LogP contribution in [0.15, 0.2) is 35.5 Å². The summed E-state index contributed by atoms with van der Waals surface area (Å²) in [5.41, 5.74) is 1.24. The van der Waals surface area contributed by atoms with Gasteiger partial charge in [-0.25, -0.2) is 0 Å². The summed E-state index contributed by atoms with van der Waals surface area (Å²) in [5, 5.41) is 12.8. The van der Waals surface area contributed by atoms with Crippen LogP contribution in [0.5, 0.6) is 0 Å². The van der Waals surface area contributed by atoms with E-state index in [1.54, 1.807) is 0 Å². The third-order valence-corrected chi connectivity index (χ3v) is 6.22. The van der Waals surface area contributed by atoms with Gasteiger partial charge in [-0.15, -0.1) is 10.2 Å². The van der Waals surface area contributed by atoms with Crippen LogP contribution in [-0.2, 0) is 4.79 Å². The summed E-state index contributed by atoms with van der Waals surface area (Å²) in [4.78, 5) is 13.7. The van der Waals surface area contributed by atoms with E-state index in [4.69, 9.17) is 0 Å². The van der Waals surface area contributed by atoms with Gasteiger partial charge >= 0.3 is 0 Å². The first-order valence-corrected chi connectivity index (χ1v) is 10.8. The van der Waals surface area contributed by atoms with Crippen molar-refractivity contribution >= 4 is 17.7 Å². The number of hydrogen-bond acceptors (Lipinski definition) is 4. The molecule has 2 N–H and O–H groups in total. The Balaban J connectivity index is 1.32. The van der Waals surface area contributed by atoms with Crippen LogP contribution < -0.4 is 10.2 Å². The Hall–Kier alpha value is -1.86. The number of benzene rings is 1. The van der Waals surface area contributed by atoms with Crippen molar-refractivity contribution in [3.8, 4) is 0 Å². The first-order chi connectivity index (χ1) is 13.1. The van der Waals surface area contributed by atoms with E-state index < -0.39 is 0 Å². The highest BCUT2D eigenvalue weighted by Crippen LogP contribution is 2.45. The van der Waals surface area contributed by atoms with Crippen LogP contribution in [0.1, 0.15) is 55.1 Å². The van der Waals surface area contributed by atoms with Gasteiger partial charge in [0.15, 0.2) is 5.16 Å². The van der Waals surface area contributed by atoms with Gasteiger partial charge in [-0.05, 0) is 25.7 Å². The van der Waals surface area contributed by atoms with Gasteiger partial charge in [-0.1, -0.05) is 42.1 Å². The molecule has 27 heavy (non-hydrogen) atoms. The molecule has 2 aromatic rings. The fraction of sp³-hybridized carbons (Fsp3) is 0.550. The van der Waals surface area contributed by atoms with Crippen molar-refractivity contribution in [1.29, 1.82) is 0 Å². The fourth-order valence-corrected chi connectivity index (χ4v) is 4.26. The Morgan fingerprint density at radius 2 is 1.96 bits per heavy atom. The average Bonchev–Trinajstić information content (AvgIpc) is 3.59. The molecule has 0 spiro atoms. The summed E-state index contributed by atoms with van der Waals surface area (Å²) < 4.78 is 2.30. The number of nitrogens with one attached hydrogen (secondary N) is 2. The van der Waals surface area contributed by atoms with E-state index in [0.29, 0.717) is 24.3 Å². The molecule has 1 aromatic carbocycles. The molecule has 144 valence electrons. The van der Waals surface area contributed by atoms with Gasteiger partial charge in [0.1, 0.15) is 11.9 Å². The average molecular weight is 387 g/mol. The number of quaternary nitrogens is 1. The van der Waals surface area contributed by atoms with Crippen molar-refractivity contribution in [3.05, 3.63) is 41.7 Å². The van der Waals surface area contributed by atoms with Crippen molar-refractivity contribution in [2.45, 2.75) is 48.8 Å². The zero-order valence-electron chi connectivity index (χ0n) is 16.0. The third kappa shape index (κ3) is 4.52. The number of aromatic nitrogens is 3. The van der Waals surface area contributed by atoms with Crippen LogP contribution >= 0.6 is 11.8 Å². The van der Waals surface area contributed by atoms with Gasteiger partial charge in [-0.2, -0.15) is 0 Å². The lowest BCUT2D eigenvalue weighted by Crippen LogP contribution is -3.07. The molecule has 2 fully saturated rings. The monoisotopic (exact) mass is 386 g/mol. The predicted octanol–water partition coefficient (Wildman–Crippen LogP) is 1.58. The lowest BCUT2D eigenvalue weighted by atomic mass is 10.1. The fourth-order valence-electron chi connectivity index (χ4n) is 3.42. The maximum atomic E-state index is 12.4. The number of thioether (sulfide) groups is 1. The quantitative estimate of drug-likeness (QED) is 0.643. The molecular weight excluding hydrogens is 358 g/mol. The van der Waals surface area contributed by atoms with E-state index in [2.05, 4.69) is 46.3 Å². The molecule has 1 atom stereocenters. The standard InChI is InChI=1S/C20H27N5OS/c1-24(2)17(14-6-4-3-5-7-14)12-21-18(26)13-27-20-23-22-19(15-8-9-15)25(20)16-10-11-16/h3-7,15-17H,8-13H2,1-2H3,(H,21,26)/p+1/t17-/m0/s1. The minimum atomic E-state index is 0.0560. The lowest BCUT2D eigenvalue weighted by Gasteiger charge is -2.22. The molecule has 2 aliphatic carbocycles. The molecule has 0 aliphatic heterocycles. The Labute approximate surface area is 164 Å². The molecule has 0 saturated heterocycles. The summed E-state index contributed by atoms with van der Waals surface area (Å²) in [6.07, 6.45) is 4.87. The van der Waals surface area contributed by atoms with Crippen molar-refractivity contribution in [2.24, 2.45) is 0 Å². The number of nitrogens with zero attached hydrogens (tertiary/aromatic N) is 3. The zero-order valence-corrected chi connectivity index (χ0v) is 16.8. The summed E-state index contributed by atoms with van der Waals surface area (Å²) in [6.45, 7) is 0.633. The topological polar surface area (TPSA) is 64.2 Å². The van der Waals surface area contributed by atoms with E-state index >= 15 is 0 Å². The van der Waals surface area contributed by atoms with E-state index in [1.165, 1.54) is 47.9 Å². The highest BCUT2D eigenvalue weighted by atomic mass is 32.2. The van der Waals surface area contributed by atoms with Crippen LogP contribution in [0, 0.1) is 0 Å². The molecule has 7 heteroatoms. The van der Waals surface area contributed by atoms with Crippen molar-refractivity contribution in [3.63, 3.8) is 0 Å². The van der Waals surface area contributed by atoms with Gasteiger partial charge in [0, 0.05) is 17.5 Å². The molecule has 1 aromatic heterocycles. The lowest BCUT2D eigenvalue weighted by molar-refractivity contribution is -0.890. The van der Waals surface area contributed by atoms with Crippen molar-refractivity contribution in [2.75, 3.05) is 26.4 Å². The summed E-state index contributed by atoms with van der Waals surface area (Å²) >= 11 is 1.52. The van der Waals surface area contributed by atoms with Crippen LogP contribution in [0.3, 0.4) is 0 Å². The largest absolute Gasteiger partial charge is 0.349 e. The Morgan fingerprint density at radius 3 is 2.59 bits per heavy atom. The first-order valence-electron chi connectivity index (χ1n) is 9.82. The second-order valence-electron chi connectivity index (χ2n) is 7.85. The summed E-state index contributed by atoms with van der Waals surface area (Å²) in [6, 6.07) is 11.2. The maximum absolute atomic E-state index is 12.4. The second kappa shape index (κ2) is 8.02. The molecule has 2 aliphatic rings. The molecule has 0 radical (unpaired) electrons. The van der Waals surface area contributed by atoms with E-state index in [-0.39, 0.29) is 11.9 Å². The predicted molar refractivity (Wildman–Crippen MR) is 106 cm³/mol. The Bertz CT molecular complexity index is 783. The molecular formula is C20H28N5OS+. The summed E-state index contributed by atoms with van der Waals surface area (Å²) in [5.74, 6) is 2.18. The number of carbonyl (C=O) groups is 1. The molecule has 4 rings (SSSR count). The van der Waals surface area contributed by atoms with E-state index in [9.17, 15) is 4.79 Å². The number of likely N-dealkylation sites (N-methyl/N-ethyl adjacent to an activating group) is 1. The van der Waals surface area contributed by atoms with E-state index in [0.717, 1.165) is 11.0 Å².